The van der Waals surface area contributed by atoms with Gasteiger partial charge in [0.15, 0.2) is 0 Å². The van der Waals surface area contributed by atoms with Crippen molar-refractivity contribution in [3.05, 3.63) is 93.6 Å². The van der Waals surface area contributed by atoms with E-state index in [4.69, 9.17) is 4.74 Å². The lowest BCUT2D eigenvalue weighted by Crippen LogP contribution is -2.38. The third kappa shape index (κ3) is 8.69. The zero-order chi connectivity index (χ0) is 30.2. The van der Waals surface area contributed by atoms with Gasteiger partial charge in [0.1, 0.15) is 11.4 Å². The molecule has 1 N–H and O–H groups in total. The number of rotatable bonds is 11. The van der Waals surface area contributed by atoms with Gasteiger partial charge in [0.25, 0.3) is 5.91 Å². The van der Waals surface area contributed by atoms with Crippen LogP contribution in [0.3, 0.4) is 0 Å². The van der Waals surface area contributed by atoms with Gasteiger partial charge in [-0.1, -0.05) is 53.1 Å². The number of benzene rings is 2. The van der Waals surface area contributed by atoms with Gasteiger partial charge in [-0.3, -0.25) is 4.79 Å². The molecule has 0 aliphatic carbocycles. The molecule has 0 saturated heterocycles. The van der Waals surface area contributed by atoms with Crippen LogP contribution >= 0.6 is 0 Å². The lowest BCUT2D eigenvalue weighted by atomic mass is 9.86. The summed E-state index contributed by atoms with van der Waals surface area (Å²) in [5, 5.41) is 10.00. The van der Waals surface area contributed by atoms with Crippen molar-refractivity contribution in [3.8, 4) is 5.75 Å². The van der Waals surface area contributed by atoms with Crippen molar-refractivity contribution in [1.82, 2.24) is 0 Å². The van der Waals surface area contributed by atoms with Crippen LogP contribution in [-0.2, 0) is 6.42 Å². The lowest BCUT2D eigenvalue weighted by molar-refractivity contribution is 0.0562. The molecular formula is C36H47NO4. The summed E-state index contributed by atoms with van der Waals surface area (Å²) in [5.74, 6) is 0.269. The molecule has 2 aromatic carbocycles. The number of carbonyl (C=O) groups is 2. The molecule has 0 saturated carbocycles. The Hall–Kier alpha value is -3.60. The molecule has 1 atom stereocenters. The Morgan fingerprint density at radius 1 is 0.927 bits per heavy atom. The Balaban J connectivity index is 1.66. The monoisotopic (exact) mass is 557 g/mol. The van der Waals surface area contributed by atoms with Crippen LogP contribution in [0, 0.1) is 13.8 Å². The fourth-order valence-corrected chi connectivity index (χ4v) is 5.35. The third-order valence-electron chi connectivity index (χ3n) is 8.11. The molecule has 220 valence electrons. The first kappa shape index (κ1) is 31.9. The zero-order valence-electron chi connectivity index (χ0n) is 26.0. The van der Waals surface area contributed by atoms with E-state index in [-0.39, 0.29) is 5.60 Å². The number of nitrogens with zero attached hydrogens (tertiary/aromatic N) is 1. The largest absolute Gasteiger partial charge is 0.487 e. The topological polar surface area (TPSA) is 66.8 Å². The van der Waals surface area contributed by atoms with Gasteiger partial charge in [-0.2, -0.15) is 0 Å². The summed E-state index contributed by atoms with van der Waals surface area (Å²) in [6.45, 7) is 14.7. The van der Waals surface area contributed by atoms with E-state index in [0.29, 0.717) is 11.3 Å². The predicted molar refractivity (Wildman–Crippen MR) is 169 cm³/mol. The van der Waals surface area contributed by atoms with Gasteiger partial charge in [0.2, 0.25) is 0 Å². The molecule has 0 aromatic heterocycles. The lowest BCUT2D eigenvalue weighted by Gasteiger charge is -2.38. The van der Waals surface area contributed by atoms with E-state index in [1.165, 1.54) is 16.7 Å². The summed E-state index contributed by atoms with van der Waals surface area (Å²) < 4.78 is 6.63. The molecule has 0 unspecified atom stereocenters. The molecule has 1 aliphatic heterocycles. The highest BCUT2D eigenvalue weighted by Gasteiger charge is 2.35. The Labute approximate surface area is 246 Å². The third-order valence-corrected chi connectivity index (χ3v) is 8.11. The van der Waals surface area contributed by atoms with Gasteiger partial charge in [0.05, 0.1) is 5.69 Å². The first-order valence-electron chi connectivity index (χ1n) is 14.8. The number of hydrogen-bond acceptors (Lipinski definition) is 3. The molecule has 5 heteroatoms. The van der Waals surface area contributed by atoms with E-state index >= 15 is 0 Å². The Morgan fingerprint density at radius 3 is 2.15 bits per heavy atom. The Bertz CT molecular complexity index is 1330. The Morgan fingerprint density at radius 2 is 1.54 bits per heavy atom. The number of hydrogen-bond donors (Lipinski definition) is 1. The average molecular weight is 558 g/mol. The van der Waals surface area contributed by atoms with Gasteiger partial charge in [-0.05, 0) is 135 Å². The summed E-state index contributed by atoms with van der Waals surface area (Å²) in [5.41, 5.74) is 7.26. The normalized spacial score (nSPS) is 17.0. The molecular weight excluding hydrogens is 510 g/mol. The Kier molecular flexibility index (Phi) is 11.2. The van der Waals surface area contributed by atoms with Crippen molar-refractivity contribution >= 4 is 17.7 Å². The minimum atomic E-state index is -1.29. The molecule has 1 aliphatic rings. The number of ether oxygens (including phenoxy) is 1. The summed E-state index contributed by atoms with van der Waals surface area (Å²) in [7, 11) is 0. The van der Waals surface area contributed by atoms with E-state index < -0.39 is 12.0 Å². The second-order valence-electron chi connectivity index (χ2n) is 12.0. The van der Waals surface area contributed by atoms with Gasteiger partial charge < -0.3 is 9.84 Å². The van der Waals surface area contributed by atoms with Crippen LogP contribution in [0.25, 0.3) is 0 Å². The van der Waals surface area contributed by atoms with E-state index in [1.807, 2.05) is 19.9 Å². The van der Waals surface area contributed by atoms with Crippen molar-refractivity contribution in [3.63, 3.8) is 0 Å². The minimum absolute atomic E-state index is 0.295. The molecule has 5 nitrogen and oxygen atoms in total. The fraction of sp³-hybridized carbons (Fsp3) is 0.444. The number of carbonyl (C=O) groups excluding carboxylic acids is 1. The second-order valence-corrected chi connectivity index (χ2v) is 12.0. The molecule has 1 heterocycles. The first-order chi connectivity index (χ1) is 19.4. The first-order valence-corrected chi connectivity index (χ1v) is 14.8. The SMILES string of the molecule is CC(C)=CCCC(C)=CCCC(C)=CCC[C@]1(C)CCc2cc(N(C(=O)O)C(=O)c3ccccc3)c(C)c(C)c2O1. The molecule has 0 spiro atoms. The van der Waals surface area contributed by atoms with Crippen LogP contribution in [0.4, 0.5) is 10.5 Å². The number of imide groups is 1. The maximum absolute atomic E-state index is 13.2. The van der Waals surface area contributed by atoms with Gasteiger partial charge in [0, 0.05) is 5.56 Å². The average Bonchev–Trinajstić information content (AvgIpc) is 2.92. The standard InChI is InChI=1S/C36H47NO4/c1-25(2)14-11-15-26(3)16-12-17-27(4)18-13-22-36(7)23-21-31-24-32(28(5)29(6)33(31)41-36)37(35(39)40)34(38)30-19-9-8-10-20-30/h8-10,14,16,18-20,24H,11-13,15,17,21-23H2,1-7H3,(H,39,40)/t36-/m1/s1. The number of aryl methyl sites for hydroxylation is 1. The van der Waals surface area contributed by atoms with Crippen LogP contribution in [0.1, 0.15) is 107 Å². The molecule has 0 bridgehead atoms. The van der Waals surface area contributed by atoms with Crippen LogP contribution in [0.15, 0.2) is 71.3 Å². The number of allylic oxidation sites excluding steroid dienone is 6. The highest BCUT2D eigenvalue weighted by Crippen LogP contribution is 2.42. The van der Waals surface area contributed by atoms with Crippen molar-refractivity contribution in [1.29, 1.82) is 0 Å². The molecule has 0 radical (unpaired) electrons. The summed E-state index contributed by atoms with van der Waals surface area (Å²) in [6.07, 6.45) is 13.6. The van der Waals surface area contributed by atoms with Crippen molar-refractivity contribution < 1.29 is 19.4 Å². The van der Waals surface area contributed by atoms with Crippen LogP contribution in [0.2, 0.25) is 0 Å². The van der Waals surface area contributed by atoms with Crippen LogP contribution < -0.4 is 9.64 Å². The smallest absolute Gasteiger partial charge is 0.419 e. The van der Waals surface area contributed by atoms with E-state index in [1.54, 1.807) is 30.3 Å². The molecule has 3 rings (SSSR count). The van der Waals surface area contributed by atoms with Crippen LogP contribution in [-0.4, -0.2) is 22.7 Å². The van der Waals surface area contributed by atoms with Gasteiger partial charge >= 0.3 is 6.09 Å². The molecule has 2 amide bonds. The summed E-state index contributed by atoms with van der Waals surface area (Å²) in [6, 6.07) is 10.4. The predicted octanol–water partition coefficient (Wildman–Crippen LogP) is 9.91. The van der Waals surface area contributed by atoms with E-state index in [0.717, 1.165) is 78.7 Å². The molecule has 2 aromatic rings. The summed E-state index contributed by atoms with van der Waals surface area (Å²) >= 11 is 0. The second kappa shape index (κ2) is 14.3. The summed E-state index contributed by atoms with van der Waals surface area (Å²) in [4.78, 5) is 26.3. The maximum atomic E-state index is 13.2. The fourth-order valence-electron chi connectivity index (χ4n) is 5.35. The molecule has 0 fully saturated rings. The van der Waals surface area contributed by atoms with Crippen molar-refractivity contribution in [2.45, 2.75) is 105 Å². The number of fused-ring (bicyclic) bond motifs is 1. The van der Waals surface area contributed by atoms with Crippen LogP contribution in [0.5, 0.6) is 5.75 Å². The van der Waals surface area contributed by atoms with Crippen molar-refractivity contribution in [2.75, 3.05) is 4.90 Å². The minimum Gasteiger partial charge on any atom is -0.487 e. The highest BCUT2D eigenvalue weighted by atomic mass is 16.5. The highest BCUT2D eigenvalue weighted by molar-refractivity contribution is 6.19. The molecule has 41 heavy (non-hydrogen) atoms. The van der Waals surface area contributed by atoms with Crippen molar-refractivity contribution in [2.24, 2.45) is 0 Å². The van der Waals surface area contributed by atoms with E-state index in [2.05, 4.69) is 52.8 Å². The number of carboxylic acid groups (broad SMARTS) is 1. The van der Waals surface area contributed by atoms with Gasteiger partial charge in [-0.15, -0.1) is 0 Å². The van der Waals surface area contributed by atoms with E-state index in [9.17, 15) is 14.7 Å². The quantitative estimate of drug-likeness (QED) is 0.279. The zero-order valence-corrected chi connectivity index (χ0v) is 26.0. The van der Waals surface area contributed by atoms with Gasteiger partial charge in [-0.25, -0.2) is 9.69 Å². The maximum Gasteiger partial charge on any atom is 0.419 e. The number of anilines is 1. The number of amides is 2.